The predicted octanol–water partition coefficient (Wildman–Crippen LogP) is 4.83. The van der Waals surface area contributed by atoms with Gasteiger partial charge in [-0.1, -0.05) is 30.3 Å². The minimum atomic E-state index is -4.90. The Morgan fingerprint density at radius 2 is 1.80 bits per heavy atom. The standard InChI is InChI=1S/C29H26F4N4O4/c1-41-26-12-18(4-9-25(26)38)14-34-27(39)19-5-2-17(3-6-19)15-36-11-10-24-21(16-36)28(40)37(35-24)20-7-8-23(30)22(13-20)29(31,32)33/h2-9,12-13,16,27,34,38-39H,10-11,14-15H2,1H3. The Bertz CT molecular complexity index is 1520. The number of halogens is 4. The van der Waals surface area contributed by atoms with Crippen LogP contribution in [0.15, 0.2) is 77.5 Å². The van der Waals surface area contributed by atoms with Gasteiger partial charge in [-0.3, -0.25) is 10.1 Å². The van der Waals surface area contributed by atoms with Gasteiger partial charge in [-0.15, -0.1) is 0 Å². The molecular formula is C29H26F4N4O4. The van der Waals surface area contributed by atoms with Crippen molar-refractivity contribution in [3.63, 3.8) is 0 Å². The largest absolute Gasteiger partial charge is 0.504 e. The van der Waals surface area contributed by atoms with Crippen LogP contribution in [-0.4, -0.2) is 40.4 Å². The second kappa shape index (κ2) is 11.2. The monoisotopic (exact) mass is 570 g/mol. The zero-order chi connectivity index (χ0) is 29.3. The van der Waals surface area contributed by atoms with Gasteiger partial charge < -0.3 is 19.8 Å². The third-order valence-corrected chi connectivity index (χ3v) is 6.83. The van der Waals surface area contributed by atoms with Crippen molar-refractivity contribution in [2.45, 2.75) is 31.9 Å². The van der Waals surface area contributed by atoms with E-state index in [0.717, 1.165) is 22.2 Å². The Morgan fingerprint density at radius 3 is 2.51 bits per heavy atom. The second-order valence-electron chi connectivity index (χ2n) is 9.62. The molecule has 12 heteroatoms. The smallest absolute Gasteiger partial charge is 0.419 e. The number of nitrogens with zero attached hydrogens (tertiary/aromatic N) is 3. The third-order valence-electron chi connectivity index (χ3n) is 6.83. The molecule has 3 N–H and O–H groups in total. The fourth-order valence-electron chi connectivity index (χ4n) is 4.63. The van der Waals surface area contributed by atoms with Crippen LogP contribution in [0.1, 0.15) is 34.9 Å². The highest BCUT2D eigenvalue weighted by Gasteiger charge is 2.38. The minimum absolute atomic E-state index is 0.0299. The van der Waals surface area contributed by atoms with Crippen molar-refractivity contribution in [3.05, 3.63) is 101 Å². The first kappa shape index (κ1) is 28.1. The summed E-state index contributed by atoms with van der Waals surface area (Å²) < 4.78 is 58.3. The normalized spacial score (nSPS) is 15.9. The lowest BCUT2D eigenvalue weighted by molar-refractivity contribution is -0.140. The van der Waals surface area contributed by atoms with Crippen LogP contribution in [0.3, 0.4) is 0 Å². The number of anilines is 1. The molecule has 0 saturated heterocycles. The van der Waals surface area contributed by atoms with E-state index >= 15 is 0 Å². The van der Waals surface area contributed by atoms with E-state index in [1.54, 1.807) is 30.5 Å². The zero-order valence-electron chi connectivity index (χ0n) is 21.8. The van der Waals surface area contributed by atoms with Crippen molar-refractivity contribution in [2.24, 2.45) is 5.10 Å². The number of phenolic OH excluding ortho intramolecular Hbond substituents is 1. The van der Waals surface area contributed by atoms with Gasteiger partial charge >= 0.3 is 6.18 Å². The fraction of sp³-hybridized carbons (Fsp3) is 0.241. The van der Waals surface area contributed by atoms with E-state index in [1.807, 2.05) is 17.0 Å². The molecule has 0 spiro atoms. The van der Waals surface area contributed by atoms with Crippen LogP contribution in [0.2, 0.25) is 0 Å². The SMILES string of the molecule is COc1cc(CNC(O)c2ccc(CN3C=C4C(=O)N(c5ccc(F)c(C(F)(F)F)c5)N=C4CC3)cc2)ccc1O. The van der Waals surface area contributed by atoms with Gasteiger partial charge in [0.25, 0.3) is 5.91 Å². The molecule has 3 aromatic carbocycles. The number of ether oxygens (including phenoxy) is 1. The molecule has 2 aliphatic heterocycles. The Kier molecular flexibility index (Phi) is 7.70. The Hall–Kier alpha value is -4.42. The molecule has 0 fully saturated rings. The molecule has 0 saturated carbocycles. The molecule has 2 heterocycles. The first-order valence-electron chi connectivity index (χ1n) is 12.6. The van der Waals surface area contributed by atoms with Crippen LogP contribution in [0.5, 0.6) is 11.5 Å². The van der Waals surface area contributed by atoms with E-state index in [-0.39, 0.29) is 17.0 Å². The molecule has 3 aromatic rings. The number of amides is 1. The van der Waals surface area contributed by atoms with Crippen LogP contribution >= 0.6 is 0 Å². The molecule has 5 rings (SSSR count). The average Bonchev–Trinajstić information content (AvgIpc) is 3.28. The number of aromatic hydroxyl groups is 1. The first-order chi connectivity index (χ1) is 19.5. The van der Waals surface area contributed by atoms with E-state index in [9.17, 15) is 32.6 Å². The molecular weight excluding hydrogens is 544 g/mol. The van der Waals surface area contributed by atoms with Crippen LogP contribution in [0.4, 0.5) is 23.2 Å². The van der Waals surface area contributed by atoms with Gasteiger partial charge in [-0.25, -0.2) is 4.39 Å². The zero-order valence-corrected chi connectivity index (χ0v) is 21.8. The van der Waals surface area contributed by atoms with Gasteiger partial charge in [0.05, 0.1) is 29.6 Å². The quantitative estimate of drug-likeness (QED) is 0.265. The van der Waals surface area contributed by atoms with Crippen LogP contribution < -0.4 is 15.1 Å². The van der Waals surface area contributed by atoms with Crippen LogP contribution in [-0.2, 0) is 24.1 Å². The number of aliphatic hydroxyl groups is 1. The van der Waals surface area contributed by atoms with Gasteiger partial charge in [0.1, 0.15) is 12.0 Å². The summed E-state index contributed by atoms with van der Waals surface area (Å²) in [6.45, 7) is 1.32. The number of aliphatic hydroxyl groups excluding tert-OH is 1. The van der Waals surface area contributed by atoms with E-state index in [0.29, 0.717) is 55.2 Å². The van der Waals surface area contributed by atoms with Crippen molar-refractivity contribution < 1.29 is 37.3 Å². The predicted molar refractivity (Wildman–Crippen MR) is 142 cm³/mol. The number of alkyl halides is 3. The Balaban J connectivity index is 1.22. The number of fused-ring (bicyclic) bond motifs is 1. The second-order valence-corrected chi connectivity index (χ2v) is 9.62. The summed E-state index contributed by atoms with van der Waals surface area (Å²) in [5.41, 5.74) is 1.48. The number of rotatable bonds is 8. The lowest BCUT2D eigenvalue weighted by atomic mass is 10.0. The van der Waals surface area contributed by atoms with E-state index in [4.69, 9.17) is 4.74 Å². The number of benzene rings is 3. The highest BCUT2D eigenvalue weighted by atomic mass is 19.4. The molecule has 0 aromatic heterocycles. The van der Waals surface area contributed by atoms with Crippen molar-refractivity contribution >= 4 is 17.3 Å². The maximum absolute atomic E-state index is 13.7. The molecule has 0 radical (unpaired) electrons. The number of methoxy groups -OCH3 is 1. The summed E-state index contributed by atoms with van der Waals surface area (Å²) in [5.74, 6) is -1.63. The number of hydrogen-bond acceptors (Lipinski definition) is 7. The van der Waals surface area contributed by atoms with Gasteiger partial charge in [0.15, 0.2) is 11.5 Å². The van der Waals surface area contributed by atoms with Crippen LogP contribution in [0, 0.1) is 5.82 Å². The Morgan fingerprint density at radius 1 is 1.07 bits per heavy atom. The van der Waals surface area contributed by atoms with Crippen molar-refractivity contribution in [3.8, 4) is 11.5 Å². The Labute approximate surface area is 232 Å². The van der Waals surface area contributed by atoms with E-state index < -0.39 is 29.7 Å². The molecule has 41 heavy (non-hydrogen) atoms. The lowest BCUT2D eigenvalue weighted by Gasteiger charge is -2.25. The summed E-state index contributed by atoms with van der Waals surface area (Å²) >= 11 is 0. The maximum Gasteiger partial charge on any atom is 0.419 e. The van der Waals surface area contributed by atoms with Crippen molar-refractivity contribution in [1.82, 2.24) is 10.2 Å². The molecule has 1 unspecified atom stereocenters. The highest BCUT2D eigenvalue weighted by molar-refractivity contribution is 6.30. The highest BCUT2D eigenvalue weighted by Crippen LogP contribution is 2.36. The van der Waals surface area contributed by atoms with Crippen molar-refractivity contribution in [2.75, 3.05) is 18.7 Å². The summed E-state index contributed by atoms with van der Waals surface area (Å²) in [7, 11) is 1.46. The van der Waals surface area contributed by atoms with Gasteiger partial charge in [0.2, 0.25) is 0 Å². The van der Waals surface area contributed by atoms with E-state index in [1.165, 1.54) is 13.2 Å². The summed E-state index contributed by atoms with van der Waals surface area (Å²) in [5, 5.41) is 28.4. The molecule has 214 valence electrons. The summed E-state index contributed by atoms with van der Waals surface area (Å²) in [6.07, 6.45) is -3.80. The maximum atomic E-state index is 13.7. The summed E-state index contributed by atoms with van der Waals surface area (Å²) in [6, 6.07) is 14.5. The van der Waals surface area contributed by atoms with Gasteiger partial charge in [-0.05, 0) is 47.0 Å². The molecule has 8 nitrogen and oxygen atoms in total. The number of hydrazone groups is 1. The molecule has 1 amide bonds. The topological polar surface area (TPSA) is 97.6 Å². The summed E-state index contributed by atoms with van der Waals surface area (Å²) in [4.78, 5) is 14.9. The molecule has 2 aliphatic rings. The van der Waals surface area contributed by atoms with Gasteiger partial charge in [-0.2, -0.15) is 23.3 Å². The average molecular weight is 571 g/mol. The number of phenols is 1. The first-order valence-corrected chi connectivity index (χ1v) is 12.6. The number of nitrogens with one attached hydrogen (secondary N) is 1. The van der Waals surface area contributed by atoms with Crippen molar-refractivity contribution in [1.29, 1.82) is 0 Å². The number of carbonyl (C=O) groups excluding carboxylic acids is 1. The molecule has 0 bridgehead atoms. The number of carbonyl (C=O) groups is 1. The minimum Gasteiger partial charge on any atom is -0.504 e. The van der Waals surface area contributed by atoms with E-state index in [2.05, 4.69) is 10.4 Å². The fourth-order valence-corrected chi connectivity index (χ4v) is 4.63. The van der Waals surface area contributed by atoms with Gasteiger partial charge in [0, 0.05) is 32.3 Å². The molecule has 1 atom stereocenters. The molecule has 0 aliphatic carbocycles. The number of hydrogen-bond donors (Lipinski definition) is 3. The van der Waals surface area contributed by atoms with Crippen LogP contribution in [0.25, 0.3) is 0 Å². The third kappa shape index (κ3) is 6.03. The lowest BCUT2D eigenvalue weighted by Crippen LogP contribution is -2.29.